The lowest BCUT2D eigenvalue weighted by Crippen LogP contribution is -2.35. The highest BCUT2D eigenvalue weighted by Crippen LogP contribution is 2.24. The Morgan fingerprint density at radius 2 is 1.76 bits per heavy atom. The first-order valence-corrected chi connectivity index (χ1v) is 6.86. The zero-order chi connectivity index (χ0) is 15.4. The summed E-state index contributed by atoms with van der Waals surface area (Å²) < 4.78 is 0. The summed E-state index contributed by atoms with van der Waals surface area (Å²) >= 11 is 0. The molecule has 21 heavy (non-hydrogen) atoms. The Bertz CT molecular complexity index is 601. The maximum atomic E-state index is 12.1. The Hall–Kier alpha value is -2.43. The number of carboxylic acids is 1. The molecule has 1 saturated heterocycles. The maximum absolute atomic E-state index is 12.1. The highest BCUT2D eigenvalue weighted by Gasteiger charge is 2.25. The second-order valence-corrected chi connectivity index (χ2v) is 5.10. The molecule has 2 rings (SSSR count). The van der Waals surface area contributed by atoms with Gasteiger partial charge in [-0.25, -0.2) is 4.79 Å². The van der Waals surface area contributed by atoms with Gasteiger partial charge in [0.1, 0.15) is 0 Å². The monoisotopic (exact) mass is 287 g/mol. The van der Waals surface area contributed by atoms with Crippen molar-refractivity contribution < 1.29 is 19.5 Å². The number of imide groups is 1. The van der Waals surface area contributed by atoms with Crippen LogP contribution in [0.4, 0.5) is 5.69 Å². The van der Waals surface area contributed by atoms with Gasteiger partial charge in [0.05, 0.1) is 5.69 Å². The van der Waals surface area contributed by atoms with Crippen molar-refractivity contribution in [1.29, 1.82) is 0 Å². The topological polar surface area (TPSA) is 74.7 Å². The fourth-order valence-electron chi connectivity index (χ4n) is 2.39. The predicted octanol–water partition coefficient (Wildman–Crippen LogP) is 2.53. The number of anilines is 1. The summed E-state index contributed by atoms with van der Waals surface area (Å²) in [4.78, 5) is 36.0. The molecule has 1 aromatic rings. The van der Waals surface area contributed by atoms with Gasteiger partial charge in [0, 0.05) is 18.9 Å². The summed E-state index contributed by atoms with van der Waals surface area (Å²) in [5, 5.41) is 8.68. The normalized spacial score (nSPS) is 16.3. The van der Waals surface area contributed by atoms with Gasteiger partial charge in [-0.3, -0.25) is 14.5 Å². The Kier molecular flexibility index (Phi) is 4.52. The molecule has 110 valence electrons. The molecular weight excluding hydrogens is 270 g/mol. The largest absolute Gasteiger partial charge is 0.478 e. The number of nitrogens with zero attached hydrogens (tertiary/aromatic N) is 1. The van der Waals surface area contributed by atoms with Crippen LogP contribution in [0.5, 0.6) is 0 Å². The molecule has 0 unspecified atom stereocenters. The van der Waals surface area contributed by atoms with Crippen LogP contribution in [-0.2, 0) is 14.4 Å². The number of hydrogen-bond acceptors (Lipinski definition) is 3. The first-order valence-electron chi connectivity index (χ1n) is 6.86. The van der Waals surface area contributed by atoms with E-state index in [-0.39, 0.29) is 11.8 Å². The maximum Gasteiger partial charge on any atom is 0.328 e. The molecule has 5 nitrogen and oxygen atoms in total. The minimum atomic E-state index is -1.04. The van der Waals surface area contributed by atoms with Crippen LogP contribution < -0.4 is 4.90 Å². The van der Waals surface area contributed by atoms with Crippen LogP contribution in [-0.4, -0.2) is 22.9 Å². The van der Waals surface area contributed by atoms with Crippen LogP contribution in [0.15, 0.2) is 24.3 Å². The minimum absolute atomic E-state index is 0.198. The van der Waals surface area contributed by atoms with Gasteiger partial charge in [-0.1, -0.05) is 6.07 Å². The lowest BCUT2D eigenvalue weighted by Gasteiger charge is -2.19. The molecule has 2 amide bonds. The molecule has 0 saturated carbocycles. The number of carbonyl (C=O) groups is 3. The van der Waals surface area contributed by atoms with E-state index in [0.717, 1.165) is 24.5 Å². The molecule has 1 heterocycles. The van der Waals surface area contributed by atoms with Gasteiger partial charge in [-0.05, 0) is 49.1 Å². The lowest BCUT2D eigenvalue weighted by molar-refractivity contribution is -0.131. The molecule has 0 aliphatic carbocycles. The third-order valence-corrected chi connectivity index (χ3v) is 3.29. The van der Waals surface area contributed by atoms with Gasteiger partial charge in [-0.2, -0.15) is 0 Å². The first kappa shape index (κ1) is 15.0. The SMILES string of the molecule is Cc1cc(/C=C/C(=O)O)cc(N2C(=O)CCCCC2=O)c1. The second-order valence-electron chi connectivity index (χ2n) is 5.10. The van der Waals surface area contributed by atoms with Crippen LogP contribution in [0.2, 0.25) is 0 Å². The molecule has 1 aromatic carbocycles. The van der Waals surface area contributed by atoms with Crippen molar-refractivity contribution in [1.82, 2.24) is 0 Å². The van der Waals surface area contributed by atoms with Crippen LogP contribution in [0, 0.1) is 6.92 Å². The number of carbonyl (C=O) groups excluding carboxylic acids is 2. The molecule has 5 heteroatoms. The zero-order valence-corrected chi connectivity index (χ0v) is 11.8. The van der Waals surface area contributed by atoms with E-state index in [4.69, 9.17) is 5.11 Å². The van der Waals surface area contributed by atoms with Crippen molar-refractivity contribution in [3.63, 3.8) is 0 Å². The average molecular weight is 287 g/mol. The number of amides is 2. The van der Waals surface area contributed by atoms with Crippen molar-refractivity contribution in [2.24, 2.45) is 0 Å². The molecule has 0 radical (unpaired) electrons. The summed E-state index contributed by atoms with van der Waals surface area (Å²) in [6, 6.07) is 5.22. The molecule has 0 aromatic heterocycles. The highest BCUT2D eigenvalue weighted by molar-refractivity contribution is 6.15. The van der Waals surface area contributed by atoms with Crippen molar-refractivity contribution >= 4 is 29.5 Å². The van der Waals surface area contributed by atoms with Crippen LogP contribution >= 0.6 is 0 Å². The molecular formula is C16H17NO4. The third-order valence-electron chi connectivity index (χ3n) is 3.29. The van der Waals surface area contributed by atoms with Gasteiger partial charge >= 0.3 is 5.97 Å². The van der Waals surface area contributed by atoms with Gasteiger partial charge in [0.15, 0.2) is 0 Å². The van der Waals surface area contributed by atoms with Gasteiger partial charge in [0.25, 0.3) is 0 Å². The summed E-state index contributed by atoms with van der Waals surface area (Å²) in [6.45, 7) is 1.84. The second kappa shape index (κ2) is 6.35. The summed E-state index contributed by atoms with van der Waals surface area (Å²) in [5.41, 5.74) is 2.02. The van der Waals surface area contributed by atoms with Crippen molar-refractivity contribution in [2.75, 3.05) is 4.90 Å². The number of rotatable bonds is 3. The van der Waals surface area contributed by atoms with E-state index in [2.05, 4.69) is 0 Å². The summed E-state index contributed by atoms with van der Waals surface area (Å²) in [5.74, 6) is -1.44. The first-order chi connectivity index (χ1) is 9.97. The molecule has 1 aliphatic rings. The van der Waals surface area contributed by atoms with Gasteiger partial charge < -0.3 is 5.11 Å². The van der Waals surface area contributed by atoms with Crippen LogP contribution in [0.25, 0.3) is 6.08 Å². The summed E-state index contributed by atoms with van der Waals surface area (Å²) in [6.07, 6.45) is 4.65. The fraction of sp³-hybridized carbons (Fsp3) is 0.312. The molecule has 0 atom stereocenters. The molecule has 0 bridgehead atoms. The quantitative estimate of drug-likeness (QED) is 0.684. The lowest BCUT2D eigenvalue weighted by atomic mass is 10.1. The van der Waals surface area contributed by atoms with Crippen molar-refractivity contribution in [2.45, 2.75) is 32.6 Å². The van der Waals surface area contributed by atoms with E-state index in [1.165, 1.54) is 11.0 Å². The minimum Gasteiger partial charge on any atom is -0.478 e. The van der Waals surface area contributed by atoms with E-state index in [1.807, 2.05) is 6.92 Å². The van der Waals surface area contributed by atoms with Crippen molar-refractivity contribution in [3.8, 4) is 0 Å². The van der Waals surface area contributed by atoms with E-state index in [1.54, 1.807) is 18.2 Å². The van der Waals surface area contributed by atoms with Crippen LogP contribution in [0.1, 0.15) is 36.8 Å². The Labute approximate surface area is 122 Å². The third kappa shape index (κ3) is 3.78. The number of benzene rings is 1. The molecule has 1 fully saturated rings. The summed E-state index contributed by atoms with van der Waals surface area (Å²) in [7, 11) is 0. The number of aryl methyl sites for hydroxylation is 1. The van der Waals surface area contributed by atoms with Gasteiger partial charge in [0.2, 0.25) is 11.8 Å². The average Bonchev–Trinajstić information content (AvgIpc) is 2.57. The number of hydrogen-bond donors (Lipinski definition) is 1. The molecule has 1 N–H and O–H groups in total. The van der Waals surface area contributed by atoms with Gasteiger partial charge in [-0.15, -0.1) is 0 Å². The Morgan fingerprint density at radius 3 is 2.33 bits per heavy atom. The molecule has 1 aliphatic heterocycles. The van der Waals surface area contributed by atoms with E-state index < -0.39 is 5.97 Å². The smallest absolute Gasteiger partial charge is 0.328 e. The number of carboxylic acid groups (broad SMARTS) is 1. The van der Waals surface area contributed by atoms with Crippen LogP contribution in [0.3, 0.4) is 0 Å². The standard InChI is InChI=1S/C16H17NO4/c1-11-8-12(6-7-16(20)21)10-13(9-11)17-14(18)4-2-3-5-15(17)19/h6-10H,2-5H2,1H3,(H,20,21)/b7-6+. The zero-order valence-electron chi connectivity index (χ0n) is 11.8. The fourth-order valence-corrected chi connectivity index (χ4v) is 2.39. The van der Waals surface area contributed by atoms with E-state index >= 15 is 0 Å². The molecule has 0 spiro atoms. The van der Waals surface area contributed by atoms with E-state index in [9.17, 15) is 14.4 Å². The van der Waals surface area contributed by atoms with Crippen molar-refractivity contribution in [3.05, 3.63) is 35.4 Å². The number of aliphatic carboxylic acids is 1. The highest BCUT2D eigenvalue weighted by atomic mass is 16.4. The van der Waals surface area contributed by atoms with E-state index in [0.29, 0.717) is 24.1 Å². The predicted molar refractivity (Wildman–Crippen MR) is 78.8 cm³/mol. The Morgan fingerprint density at radius 1 is 1.14 bits per heavy atom. The Balaban J connectivity index is 2.40.